The lowest BCUT2D eigenvalue weighted by Gasteiger charge is -2.34. The van der Waals surface area contributed by atoms with Crippen molar-refractivity contribution in [3.63, 3.8) is 0 Å². The number of piperidine rings is 1. The minimum Gasteiger partial charge on any atom is -0.301 e. The van der Waals surface area contributed by atoms with Gasteiger partial charge in [-0.15, -0.1) is 0 Å². The Labute approximate surface area is 183 Å². The quantitative estimate of drug-likeness (QED) is 0.486. The number of hydrogen-bond donors (Lipinski definition) is 1. The molecule has 3 heterocycles. The van der Waals surface area contributed by atoms with Crippen molar-refractivity contribution in [3.8, 4) is 0 Å². The van der Waals surface area contributed by atoms with Gasteiger partial charge < -0.3 is 4.90 Å². The van der Waals surface area contributed by atoms with Crippen LogP contribution in [0.25, 0.3) is 0 Å². The molecule has 4 rings (SSSR count). The maximum atomic E-state index is 12.9. The third kappa shape index (κ3) is 4.19. The molecule has 3 aliphatic rings. The van der Waals surface area contributed by atoms with Crippen LogP contribution < -0.4 is 5.32 Å². The summed E-state index contributed by atoms with van der Waals surface area (Å²) in [4.78, 5) is 55.1. The van der Waals surface area contributed by atoms with Crippen molar-refractivity contribution in [3.05, 3.63) is 34.9 Å². The van der Waals surface area contributed by atoms with E-state index < -0.39 is 23.8 Å². The Kier molecular flexibility index (Phi) is 6.31. The number of alkyl halides is 1. The molecule has 2 fully saturated rings. The molecule has 1 aromatic carbocycles. The number of halogens is 1. The van der Waals surface area contributed by atoms with Crippen LogP contribution in [0.3, 0.4) is 0 Å². The molecular formula is C21H25BrN4O4. The van der Waals surface area contributed by atoms with Gasteiger partial charge in [0.05, 0.1) is 11.1 Å². The zero-order valence-electron chi connectivity index (χ0n) is 16.7. The van der Waals surface area contributed by atoms with Crippen molar-refractivity contribution in [2.45, 2.75) is 31.8 Å². The molecule has 160 valence electrons. The number of rotatable bonds is 6. The first kappa shape index (κ1) is 21.1. The molecule has 3 aliphatic heterocycles. The largest absolute Gasteiger partial charge is 0.301 e. The Morgan fingerprint density at radius 2 is 1.67 bits per heavy atom. The van der Waals surface area contributed by atoms with Gasteiger partial charge in [0.2, 0.25) is 11.8 Å². The molecule has 0 aromatic heterocycles. The lowest BCUT2D eigenvalue weighted by molar-refractivity contribution is -0.136. The molecule has 30 heavy (non-hydrogen) atoms. The van der Waals surface area contributed by atoms with Gasteiger partial charge in [-0.05, 0) is 37.1 Å². The summed E-state index contributed by atoms with van der Waals surface area (Å²) in [6.45, 7) is 5.81. The predicted octanol–water partition coefficient (Wildman–Crippen LogP) is 0.990. The van der Waals surface area contributed by atoms with Crippen LogP contribution in [0.1, 0.15) is 45.5 Å². The van der Waals surface area contributed by atoms with Crippen molar-refractivity contribution in [1.82, 2.24) is 20.0 Å². The fourth-order valence-electron chi connectivity index (χ4n) is 4.33. The molecule has 4 amide bonds. The van der Waals surface area contributed by atoms with E-state index in [2.05, 4.69) is 31.0 Å². The summed E-state index contributed by atoms with van der Waals surface area (Å²) < 4.78 is 0. The van der Waals surface area contributed by atoms with Crippen LogP contribution in [-0.4, -0.2) is 82.4 Å². The van der Waals surface area contributed by atoms with E-state index in [0.29, 0.717) is 11.1 Å². The molecule has 0 radical (unpaired) electrons. The van der Waals surface area contributed by atoms with E-state index in [0.717, 1.165) is 61.5 Å². The van der Waals surface area contributed by atoms with E-state index in [-0.39, 0.29) is 18.7 Å². The third-order valence-electron chi connectivity index (χ3n) is 5.98. The summed E-state index contributed by atoms with van der Waals surface area (Å²) in [6.07, 6.45) is 1.43. The number of benzene rings is 1. The van der Waals surface area contributed by atoms with Gasteiger partial charge in [0, 0.05) is 44.5 Å². The van der Waals surface area contributed by atoms with Gasteiger partial charge in [-0.3, -0.25) is 34.3 Å². The van der Waals surface area contributed by atoms with E-state index >= 15 is 0 Å². The predicted molar refractivity (Wildman–Crippen MR) is 113 cm³/mol. The third-order valence-corrected chi connectivity index (χ3v) is 6.54. The van der Waals surface area contributed by atoms with Crippen molar-refractivity contribution in [2.75, 3.05) is 38.1 Å². The van der Waals surface area contributed by atoms with Crippen molar-refractivity contribution in [2.24, 2.45) is 0 Å². The Morgan fingerprint density at radius 1 is 0.967 bits per heavy atom. The Hall–Kier alpha value is -2.10. The first-order valence-electron chi connectivity index (χ1n) is 10.3. The zero-order valence-corrected chi connectivity index (χ0v) is 18.3. The maximum absolute atomic E-state index is 12.9. The summed E-state index contributed by atoms with van der Waals surface area (Å²) in [5.74, 6) is -1.87. The number of amides is 4. The molecule has 0 spiro atoms. The van der Waals surface area contributed by atoms with Gasteiger partial charge in [-0.2, -0.15) is 0 Å². The average molecular weight is 477 g/mol. The highest BCUT2D eigenvalue weighted by Crippen LogP contribution is 2.28. The van der Waals surface area contributed by atoms with Crippen LogP contribution in [0.4, 0.5) is 0 Å². The first-order valence-corrected chi connectivity index (χ1v) is 11.5. The second-order valence-electron chi connectivity index (χ2n) is 7.99. The molecule has 2 saturated heterocycles. The molecule has 0 aliphatic carbocycles. The summed E-state index contributed by atoms with van der Waals surface area (Å²) in [7, 11) is 0. The van der Waals surface area contributed by atoms with E-state index in [1.54, 1.807) is 12.1 Å². The Morgan fingerprint density at radius 3 is 2.37 bits per heavy atom. The lowest BCUT2D eigenvalue weighted by Crippen LogP contribution is -2.54. The van der Waals surface area contributed by atoms with Gasteiger partial charge in [-0.25, -0.2) is 0 Å². The number of fused-ring (bicyclic) bond motifs is 1. The zero-order chi connectivity index (χ0) is 21.3. The fourth-order valence-corrected chi connectivity index (χ4v) is 4.58. The summed E-state index contributed by atoms with van der Waals surface area (Å²) in [5, 5.41) is 3.24. The highest BCUT2D eigenvalue weighted by atomic mass is 79.9. The van der Waals surface area contributed by atoms with Gasteiger partial charge in [0.15, 0.2) is 0 Å². The Bertz CT molecular complexity index is 882. The maximum Gasteiger partial charge on any atom is 0.262 e. The van der Waals surface area contributed by atoms with Crippen molar-refractivity contribution >= 4 is 39.6 Å². The Balaban J connectivity index is 1.42. The number of nitrogens with one attached hydrogen (secondary N) is 1. The topological polar surface area (TPSA) is 90.0 Å². The van der Waals surface area contributed by atoms with Crippen LogP contribution >= 0.6 is 15.9 Å². The minimum atomic E-state index is -0.925. The number of piperazine rings is 1. The molecular weight excluding hydrogens is 452 g/mol. The van der Waals surface area contributed by atoms with Gasteiger partial charge >= 0.3 is 0 Å². The number of nitrogens with zero attached hydrogens (tertiary/aromatic N) is 3. The SMILES string of the molecule is O=C1CCC(N2C(=O)c3ccc(CN4CCN(CCCBr)CC4)cc3C2=O)C(=O)N1. The monoisotopic (exact) mass is 476 g/mol. The number of carbonyl (C=O) groups excluding carboxylic acids is 4. The van der Waals surface area contributed by atoms with Crippen LogP contribution in [0, 0.1) is 0 Å². The normalized spacial score (nSPS) is 23.1. The van der Waals surface area contributed by atoms with Crippen molar-refractivity contribution < 1.29 is 19.2 Å². The molecule has 9 heteroatoms. The molecule has 0 bridgehead atoms. The summed E-state index contributed by atoms with van der Waals surface area (Å²) >= 11 is 3.47. The van der Waals surface area contributed by atoms with Crippen LogP contribution in [0.5, 0.6) is 0 Å². The molecule has 1 atom stereocenters. The van der Waals surface area contributed by atoms with Crippen LogP contribution in [0.15, 0.2) is 18.2 Å². The van der Waals surface area contributed by atoms with Gasteiger partial charge in [0.1, 0.15) is 6.04 Å². The van der Waals surface area contributed by atoms with Crippen molar-refractivity contribution in [1.29, 1.82) is 0 Å². The van der Waals surface area contributed by atoms with E-state index in [1.807, 2.05) is 6.07 Å². The van der Waals surface area contributed by atoms with E-state index in [9.17, 15) is 19.2 Å². The van der Waals surface area contributed by atoms with Crippen LogP contribution in [0.2, 0.25) is 0 Å². The number of hydrogen-bond acceptors (Lipinski definition) is 6. The molecule has 8 nitrogen and oxygen atoms in total. The van der Waals surface area contributed by atoms with Crippen LogP contribution in [-0.2, 0) is 16.1 Å². The summed E-state index contributed by atoms with van der Waals surface area (Å²) in [5.41, 5.74) is 1.65. The highest BCUT2D eigenvalue weighted by Gasteiger charge is 2.44. The highest BCUT2D eigenvalue weighted by molar-refractivity contribution is 9.09. The minimum absolute atomic E-state index is 0.122. The van der Waals surface area contributed by atoms with E-state index in [1.165, 1.54) is 0 Å². The number of carbonyl (C=O) groups is 4. The first-order chi connectivity index (χ1) is 14.5. The fraction of sp³-hybridized carbons (Fsp3) is 0.524. The smallest absolute Gasteiger partial charge is 0.262 e. The van der Waals surface area contributed by atoms with Gasteiger partial charge in [-0.1, -0.05) is 22.0 Å². The summed E-state index contributed by atoms with van der Waals surface area (Å²) in [6, 6.07) is 4.42. The standard InChI is InChI=1S/C21H25BrN4O4/c22-6-1-7-24-8-10-25(11-9-24)13-14-2-3-15-16(12-14)21(30)26(20(15)29)17-4-5-18(27)23-19(17)28/h2-3,12,17H,1,4-11,13H2,(H,23,27,28). The second kappa shape index (κ2) is 8.95. The molecule has 1 N–H and O–H groups in total. The second-order valence-corrected chi connectivity index (χ2v) is 8.78. The van der Waals surface area contributed by atoms with E-state index in [4.69, 9.17) is 0 Å². The number of imide groups is 2. The average Bonchev–Trinajstić information content (AvgIpc) is 2.98. The van der Waals surface area contributed by atoms with Gasteiger partial charge in [0.25, 0.3) is 11.8 Å². The lowest BCUT2D eigenvalue weighted by atomic mass is 10.0. The molecule has 1 aromatic rings. The molecule has 0 saturated carbocycles. The molecule has 1 unspecified atom stereocenters.